The highest BCUT2D eigenvalue weighted by molar-refractivity contribution is 5.94. The molecule has 1 N–H and O–H groups in total. The van der Waals surface area contributed by atoms with Gasteiger partial charge in [0.1, 0.15) is 5.75 Å². The van der Waals surface area contributed by atoms with Crippen molar-refractivity contribution in [3.8, 4) is 5.75 Å². The molecule has 0 saturated heterocycles. The minimum Gasteiger partial charge on any atom is -0.494 e. The topological polar surface area (TPSA) is 84.9 Å². The third-order valence-electron chi connectivity index (χ3n) is 5.91. The van der Waals surface area contributed by atoms with E-state index in [4.69, 9.17) is 9.47 Å². The Bertz CT molecular complexity index is 1140. The largest absolute Gasteiger partial charge is 0.494 e. The molecule has 0 fully saturated rings. The number of benzene rings is 3. The van der Waals surface area contributed by atoms with Crippen LogP contribution in [0.15, 0.2) is 78.9 Å². The molecule has 0 radical (unpaired) electrons. The first-order valence-corrected chi connectivity index (χ1v) is 12.1. The summed E-state index contributed by atoms with van der Waals surface area (Å²) in [4.78, 5) is 38.3. The van der Waals surface area contributed by atoms with Crippen LogP contribution in [0.4, 0.5) is 5.69 Å². The fourth-order valence-corrected chi connectivity index (χ4v) is 4.00. The Morgan fingerprint density at radius 3 is 2.19 bits per heavy atom. The van der Waals surface area contributed by atoms with Gasteiger partial charge in [0.2, 0.25) is 5.91 Å². The Kier molecular flexibility index (Phi) is 8.70. The Hall–Kier alpha value is -4.13. The standard InChI is InChI=1S/C29H30N2O5/c32-27-16-13-24-18-25(14-15-26(24)30-27)35-17-7-12-29(34)36-21-28(33)31(19-22-8-3-1-4-9-22)20-23-10-5-2-6-11-23/h1-6,8-11,14-15,18H,7,12-13,16-17,19-21H2,(H,30,32). The van der Waals surface area contributed by atoms with Gasteiger partial charge in [-0.2, -0.15) is 0 Å². The summed E-state index contributed by atoms with van der Waals surface area (Å²) in [6, 6.07) is 25.0. The Balaban J connectivity index is 1.22. The van der Waals surface area contributed by atoms with Gasteiger partial charge in [0.05, 0.1) is 6.61 Å². The van der Waals surface area contributed by atoms with Crippen molar-refractivity contribution in [1.82, 2.24) is 4.90 Å². The fraction of sp³-hybridized carbons (Fsp3) is 0.276. The smallest absolute Gasteiger partial charge is 0.306 e. The molecule has 1 heterocycles. The minimum atomic E-state index is -0.431. The third kappa shape index (κ3) is 7.43. The molecule has 1 aliphatic rings. The zero-order valence-corrected chi connectivity index (χ0v) is 20.2. The number of nitrogens with one attached hydrogen (secondary N) is 1. The van der Waals surface area contributed by atoms with Crippen LogP contribution in [0, 0.1) is 0 Å². The quantitative estimate of drug-likeness (QED) is 0.319. The number of hydrogen-bond acceptors (Lipinski definition) is 5. The summed E-state index contributed by atoms with van der Waals surface area (Å²) in [6.45, 7) is 0.924. The Morgan fingerprint density at radius 1 is 0.861 bits per heavy atom. The number of carbonyl (C=O) groups is 3. The van der Waals surface area contributed by atoms with Gasteiger partial charge >= 0.3 is 5.97 Å². The molecule has 7 heteroatoms. The number of aryl methyl sites for hydroxylation is 1. The van der Waals surface area contributed by atoms with Crippen molar-refractivity contribution in [3.63, 3.8) is 0 Å². The summed E-state index contributed by atoms with van der Waals surface area (Å²) < 4.78 is 11.0. The molecule has 3 aromatic rings. The number of esters is 1. The number of anilines is 1. The highest BCUT2D eigenvalue weighted by Gasteiger charge is 2.17. The number of amides is 2. The molecule has 1 aliphatic heterocycles. The van der Waals surface area contributed by atoms with E-state index in [1.54, 1.807) is 11.0 Å². The first kappa shape index (κ1) is 25.0. The number of fused-ring (bicyclic) bond motifs is 1. The number of ether oxygens (including phenoxy) is 2. The van der Waals surface area contributed by atoms with Gasteiger partial charge in [0, 0.05) is 31.6 Å². The highest BCUT2D eigenvalue weighted by atomic mass is 16.5. The van der Waals surface area contributed by atoms with Crippen molar-refractivity contribution in [2.75, 3.05) is 18.5 Å². The predicted octanol–water partition coefficient (Wildman–Crippen LogP) is 4.50. The molecule has 0 atom stereocenters. The van der Waals surface area contributed by atoms with Crippen molar-refractivity contribution >= 4 is 23.5 Å². The summed E-state index contributed by atoms with van der Waals surface area (Å²) in [5.74, 6) is 0.0512. The number of nitrogens with zero attached hydrogens (tertiary/aromatic N) is 1. The van der Waals surface area contributed by atoms with E-state index in [0.717, 1.165) is 22.4 Å². The van der Waals surface area contributed by atoms with Crippen molar-refractivity contribution in [2.24, 2.45) is 0 Å². The van der Waals surface area contributed by atoms with Gasteiger partial charge in [0.25, 0.3) is 5.91 Å². The summed E-state index contributed by atoms with van der Waals surface area (Å²) in [6.07, 6.45) is 1.78. The molecule has 2 amide bonds. The average molecular weight is 487 g/mol. The molecule has 36 heavy (non-hydrogen) atoms. The maximum Gasteiger partial charge on any atom is 0.306 e. The molecule has 7 nitrogen and oxygen atoms in total. The molecule has 0 bridgehead atoms. The van der Waals surface area contributed by atoms with Gasteiger partial charge in [-0.1, -0.05) is 60.7 Å². The van der Waals surface area contributed by atoms with Gasteiger partial charge < -0.3 is 19.7 Å². The molecular weight excluding hydrogens is 456 g/mol. The molecular formula is C29H30N2O5. The summed E-state index contributed by atoms with van der Waals surface area (Å²) in [7, 11) is 0. The fourth-order valence-electron chi connectivity index (χ4n) is 4.00. The van der Waals surface area contributed by atoms with Crippen LogP contribution in [-0.2, 0) is 38.6 Å². The first-order chi connectivity index (χ1) is 17.6. The summed E-state index contributed by atoms with van der Waals surface area (Å²) in [5.41, 5.74) is 3.88. The number of carbonyl (C=O) groups excluding carboxylic acids is 3. The van der Waals surface area contributed by atoms with Crippen molar-refractivity contribution < 1.29 is 23.9 Å². The maximum atomic E-state index is 12.9. The highest BCUT2D eigenvalue weighted by Crippen LogP contribution is 2.26. The van der Waals surface area contributed by atoms with Crippen LogP contribution in [-0.4, -0.2) is 35.9 Å². The van der Waals surface area contributed by atoms with Crippen molar-refractivity contribution in [2.45, 2.75) is 38.8 Å². The average Bonchev–Trinajstić information content (AvgIpc) is 2.90. The van der Waals surface area contributed by atoms with Gasteiger partial charge in [-0.05, 0) is 47.7 Å². The second-order valence-corrected chi connectivity index (χ2v) is 8.70. The van der Waals surface area contributed by atoms with Crippen LogP contribution in [0.3, 0.4) is 0 Å². The lowest BCUT2D eigenvalue weighted by Crippen LogP contribution is -2.33. The van der Waals surface area contributed by atoms with Crippen LogP contribution in [0.25, 0.3) is 0 Å². The molecule has 0 aromatic heterocycles. The van der Waals surface area contributed by atoms with Crippen LogP contribution >= 0.6 is 0 Å². The monoisotopic (exact) mass is 486 g/mol. The third-order valence-corrected chi connectivity index (χ3v) is 5.91. The van der Waals surface area contributed by atoms with Crippen LogP contribution in [0.2, 0.25) is 0 Å². The normalized spacial score (nSPS) is 12.3. The van der Waals surface area contributed by atoms with Gasteiger partial charge in [0.15, 0.2) is 6.61 Å². The van der Waals surface area contributed by atoms with E-state index < -0.39 is 5.97 Å². The summed E-state index contributed by atoms with van der Waals surface area (Å²) >= 11 is 0. The van der Waals surface area contributed by atoms with E-state index in [0.29, 0.717) is 44.7 Å². The minimum absolute atomic E-state index is 0.0245. The van der Waals surface area contributed by atoms with Crippen molar-refractivity contribution in [1.29, 1.82) is 0 Å². The molecule has 0 unspecified atom stereocenters. The first-order valence-electron chi connectivity index (χ1n) is 12.1. The Labute approximate surface area is 211 Å². The van der Waals surface area contributed by atoms with Gasteiger partial charge in [-0.3, -0.25) is 14.4 Å². The van der Waals surface area contributed by atoms with Crippen molar-refractivity contribution in [3.05, 3.63) is 95.6 Å². The number of hydrogen-bond donors (Lipinski definition) is 1. The zero-order valence-electron chi connectivity index (χ0n) is 20.2. The second-order valence-electron chi connectivity index (χ2n) is 8.70. The van der Waals surface area contributed by atoms with Gasteiger partial charge in [-0.25, -0.2) is 0 Å². The van der Waals surface area contributed by atoms with E-state index in [-0.39, 0.29) is 24.8 Å². The molecule has 3 aromatic carbocycles. The lowest BCUT2D eigenvalue weighted by Gasteiger charge is -2.23. The van der Waals surface area contributed by atoms with E-state index >= 15 is 0 Å². The molecule has 0 saturated carbocycles. The number of rotatable bonds is 11. The molecule has 0 aliphatic carbocycles. The van der Waals surface area contributed by atoms with E-state index in [1.807, 2.05) is 72.8 Å². The van der Waals surface area contributed by atoms with Gasteiger partial charge in [-0.15, -0.1) is 0 Å². The summed E-state index contributed by atoms with van der Waals surface area (Å²) in [5, 5.41) is 2.84. The second kappa shape index (κ2) is 12.5. The van der Waals surface area contributed by atoms with E-state index in [1.165, 1.54) is 0 Å². The lowest BCUT2D eigenvalue weighted by molar-refractivity contribution is -0.152. The molecule has 186 valence electrons. The molecule has 0 spiro atoms. The Morgan fingerprint density at radius 2 is 1.53 bits per heavy atom. The molecule has 4 rings (SSSR count). The van der Waals surface area contributed by atoms with Crippen LogP contribution < -0.4 is 10.1 Å². The van der Waals surface area contributed by atoms with Crippen LogP contribution in [0.1, 0.15) is 36.0 Å². The van der Waals surface area contributed by atoms with E-state index in [9.17, 15) is 14.4 Å². The van der Waals surface area contributed by atoms with Crippen LogP contribution in [0.5, 0.6) is 5.75 Å². The maximum absolute atomic E-state index is 12.9. The lowest BCUT2D eigenvalue weighted by atomic mass is 10.0. The van der Waals surface area contributed by atoms with E-state index in [2.05, 4.69) is 5.32 Å². The zero-order chi connectivity index (χ0) is 25.2. The SMILES string of the molecule is O=C1CCc2cc(OCCCC(=O)OCC(=O)N(Cc3ccccc3)Cc3ccccc3)ccc2N1. The predicted molar refractivity (Wildman–Crippen MR) is 136 cm³/mol.